The highest BCUT2D eigenvalue weighted by atomic mass is 19.1. The van der Waals surface area contributed by atoms with Gasteiger partial charge in [-0.25, -0.2) is 4.39 Å². The SMILES string of the molecule is CC(=O)C(c1cc(F)ccc1O)N1Cc2cccc(CCCOCCOCCOCCOc3ccc4c(c3)C(O)N(C3CCC(=O)NC3=O)C4=O)c2C1=O. The second-order valence-corrected chi connectivity index (χ2v) is 13.2. The van der Waals surface area contributed by atoms with Gasteiger partial charge in [0.2, 0.25) is 11.8 Å². The van der Waals surface area contributed by atoms with Crippen LogP contribution in [-0.4, -0.2) is 102 Å². The van der Waals surface area contributed by atoms with Gasteiger partial charge in [-0.05, 0) is 73.7 Å². The van der Waals surface area contributed by atoms with Crippen molar-refractivity contribution in [1.29, 1.82) is 0 Å². The van der Waals surface area contributed by atoms with E-state index in [0.29, 0.717) is 62.8 Å². The Morgan fingerprint density at radius 1 is 0.926 bits per heavy atom. The maximum absolute atomic E-state index is 14.0. The minimum Gasteiger partial charge on any atom is -0.508 e. The van der Waals surface area contributed by atoms with Crippen molar-refractivity contribution in [2.75, 3.05) is 46.2 Å². The molecule has 0 aromatic heterocycles. The van der Waals surface area contributed by atoms with Crippen molar-refractivity contribution in [2.24, 2.45) is 0 Å². The molecular weight excluding hydrogens is 705 g/mol. The number of benzene rings is 3. The summed E-state index contributed by atoms with van der Waals surface area (Å²) in [5.74, 6) is -2.65. The smallest absolute Gasteiger partial charge is 0.257 e. The first-order valence-corrected chi connectivity index (χ1v) is 17.8. The molecule has 0 spiro atoms. The highest BCUT2D eigenvalue weighted by molar-refractivity contribution is 6.06. The number of aryl methyl sites for hydroxylation is 1. The van der Waals surface area contributed by atoms with Gasteiger partial charge in [0.15, 0.2) is 12.0 Å². The van der Waals surface area contributed by atoms with Crippen molar-refractivity contribution in [3.05, 3.63) is 93.8 Å². The van der Waals surface area contributed by atoms with E-state index in [9.17, 15) is 38.6 Å². The number of imide groups is 1. The number of rotatable bonds is 18. The van der Waals surface area contributed by atoms with Crippen LogP contribution in [0.15, 0.2) is 54.6 Å². The van der Waals surface area contributed by atoms with Gasteiger partial charge >= 0.3 is 0 Å². The molecule has 1 saturated heterocycles. The average molecular weight is 748 g/mol. The molecule has 3 aliphatic heterocycles. The van der Waals surface area contributed by atoms with Gasteiger partial charge in [-0.1, -0.05) is 18.2 Å². The number of aliphatic hydroxyl groups excluding tert-OH is 1. The third-order valence-corrected chi connectivity index (χ3v) is 9.58. The first kappa shape index (κ1) is 38.5. The second kappa shape index (κ2) is 17.3. The largest absolute Gasteiger partial charge is 0.508 e. The molecule has 54 heavy (non-hydrogen) atoms. The Hall–Kier alpha value is -5.22. The zero-order valence-electron chi connectivity index (χ0n) is 29.8. The lowest BCUT2D eigenvalue weighted by Gasteiger charge is -2.31. The highest BCUT2D eigenvalue weighted by Crippen LogP contribution is 2.38. The molecule has 3 atom stereocenters. The predicted octanol–water partition coefficient (Wildman–Crippen LogP) is 3.13. The molecule has 15 heteroatoms. The van der Waals surface area contributed by atoms with Crippen molar-refractivity contribution in [1.82, 2.24) is 15.1 Å². The number of carbonyl (C=O) groups excluding carboxylic acids is 5. The summed E-state index contributed by atoms with van der Waals surface area (Å²) in [6.07, 6.45) is 0.106. The van der Waals surface area contributed by atoms with E-state index in [4.69, 9.17) is 18.9 Å². The number of aromatic hydroxyl groups is 1. The van der Waals surface area contributed by atoms with Crippen LogP contribution in [0.3, 0.4) is 0 Å². The van der Waals surface area contributed by atoms with E-state index in [1.165, 1.54) is 24.0 Å². The maximum Gasteiger partial charge on any atom is 0.257 e. The van der Waals surface area contributed by atoms with E-state index < -0.39 is 41.9 Å². The van der Waals surface area contributed by atoms with Crippen molar-refractivity contribution in [3.63, 3.8) is 0 Å². The summed E-state index contributed by atoms with van der Waals surface area (Å²) in [6.45, 7) is 3.81. The number of nitrogens with zero attached hydrogens (tertiary/aromatic N) is 2. The highest BCUT2D eigenvalue weighted by Gasteiger charge is 2.44. The molecule has 14 nitrogen and oxygen atoms in total. The number of nitrogens with one attached hydrogen (secondary N) is 1. The summed E-state index contributed by atoms with van der Waals surface area (Å²) in [7, 11) is 0. The molecule has 3 unspecified atom stereocenters. The lowest BCUT2D eigenvalue weighted by Crippen LogP contribution is -2.53. The van der Waals surface area contributed by atoms with Crippen LogP contribution in [0.5, 0.6) is 11.5 Å². The standard InChI is InChI=1S/C39H42FN3O11/c1-23(44)35(30-20-26(40)7-11-32(30)45)42-22-25-5-2-4-24(34(25)39(42)50)6-3-13-51-14-15-52-16-17-53-18-19-54-27-8-9-28-29(21-27)38(49)43(37(28)48)31-10-12-33(46)41-36(31)47/h2,4-5,7-9,11,20-21,31,35,38,45,49H,3,6,10,12-19,22H2,1H3,(H,41,46,47). The van der Waals surface area contributed by atoms with Crippen LogP contribution in [-0.2, 0) is 41.6 Å². The predicted molar refractivity (Wildman–Crippen MR) is 188 cm³/mol. The quantitative estimate of drug-likeness (QED) is 0.129. The fourth-order valence-corrected chi connectivity index (χ4v) is 7.05. The van der Waals surface area contributed by atoms with E-state index in [2.05, 4.69) is 5.32 Å². The summed E-state index contributed by atoms with van der Waals surface area (Å²) in [4.78, 5) is 65.3. The van der Waals surface area contributed by atoms with Gasteiger partial charge in [0, 0.05) is 41.8 Å². The van der Waals surface area contributed by atoms with E-state index in [1.807, 2.05) is 18.2 Å². The van der Waals surface area contributed by atoms with Gasteiger partial charge in [-0.3, -0.25) is 34.2 Å². The maximum atomic E-state index is 14.0. The number of halogens is 1. The number of ether oxygens (including phenoxy) is 4. The van der Waals surface area contributed by atoms with Crippen molar-refractivity contribution in [2.45, 2.75) is 57.5 Å². The first-order valence-electron chi connectivity index (χ1n) is 17.8. The van der Waals surface area contributed by atoms with Crippen LogP contribution < -0.4 is 10.1 Å². The summed E-state index contributed by atoms with van der Waals surface area (Å²) < 4.78 is 36.6. The summed E-state index contributed by atoms with van der Waals surface area (Å²) in [5, 5.41) is 23.4. The van der Waals surface area contributed by atoms with Crippen molar-refractivity contribution < 1.29 is 57.5 Å². The van der Waals surface area contributed by atoms with Crippen LogP contribution >= 0.6 is 0 Å². The summed E-state index contributed by atoms with van der Waals surface area (Å²) in [5.41, 5.74) is 2.77. The molecule has 0 aliphatic carbocycles. The average Bonchev–Trinajstić information content (AvgIpc) is 3.60. The van der Waals surface area contributed by atoms with Crippen molar-refractivity contribution >= 4 is 29.4 Å². The summed E-state index contributed by atoms with van der Waals surface area (Å²) in [6, 6.07) is 11.6. The molecule has 3 aliphatic rings. The van der Waals surface area contributed by atoms with E-state index in [-0.39, 0.29) is 61.2 Å². The number of hydrogen-bond acceptors (Lipinski definition) is 11. The lowest BCUT2D eigenvalue weighted by atomic mass is 9.99. The Labute approximate surface area is 310 Å². The molecule has 0 saturated carbocycles. The Bertz CT molecular complexity index is 1920. The van der Waals surface area contributed by atoms with Gasteiger partial charge in [-0.2, -0.15) is 0 Å². The van der Waals surface area contributed by atoms with Crippen LogP contribution in [0, 0.1) is 5.82 Å². The molecule has 4 amide bonds. The minimum atomic E-state index is -1.33. The monoisotopic (exact) mass is 747 g/mol. The van der Waals surface area contributed by atoms with E-state index in [0.717, 1.165) is 28.2 Å². The number of ketones is 1. The van der Waals surface area contributed by atoms with Gasteiger partial charge in [0.25, 0.3) is 11.8 Å². The normalized spacial score (nSPS) is 18.5. The molecular formula is C39H42FN3O11. The molecule has 3 N–H and O–H groups in total. The van der Waals surface area contributed by atoms with Crippen molar-refractivity contribution in [3.8, 4) is 11.5 Å². The number of carbonyl (C=O) groups is 5. The third kappa shape index (κ3) is 8.44. The van der Waals surface area contributed by atoms with E-state index in [1.54, 1.807) is 12.1 Å². The molecule has 0 radical (unpaired) electrons. The molecule has 286 valence electrons. The number of fused-ring (bicyclic) bond motifs is 2. The fourth-order valence-electron chi connectivity index (χ4n) is 7.05. The zero-order valence-corrected chi connectivity index (χ0v) is 29.8. The topological polar surface area (TPSA) is 181 Å². The number of aliphatic hydroxyl groups is 1. The number of phenolic OH excluding ortho intramolecular Hbond substituents is 1. The van der Waals surface area contributed by atoms with Gasteiger partial charge in [-0.15, -0.1) is 0 Å². The molecule has 3 aromatic rings. The third-order valence-electron chi connectivity index (χ3n) is 9.58. The number of phenols is 1. The lowest BCUT2D eigenvalue weighted by molar-refractivity contribution is -0.139. The first-order chi connectivity index (χ1) is 26.0. The summed E-state index contributed by atoms with van der Waals surface area (Å²) >= 11 is 0. The molecule has 0 bridgehead atoms. The van der Waals surface area contributed by atoms with Crippen LogP contribution in [0.25, 0.3) is 0 Å². The minimum absolute atomic E-state index is 0.0544. The van der Waals surface area contributed by atoms with Gasteiger partial charge < -0.3 is 34.1 Å². The second-order valence-electron chi connectivity index (χ2n) is 13.2. The van der Waals surface area contributed by atoms with E-state index >= 15 is 0 Å². The van der Waals surface area contributed by atoms with Crippen LogP contribution in [0.4, 0.5) is 4.39 Å². The van der Waals surface area contributed by atoms with Crippen LogP contribution in [0.1, 0.15) is 81.4 Å². The van der Waals surface area contributed by atoms with Gasteiger partial charge in [0.1, 0.15) is 36.0 Å². The molecule has 3 heterocycles. The number of amides is 4. The van der Waals surface area contributed by atoms with Crippen LogP contribution in [0.2, 0.25) is 0 Å². The Morgan fingerprint density at radius 2 is 1.65 bits per heavy atom. The molecule has 3 aromatic carbocycles. The Balaban J connectivity index is 0.844. The number of Topliss-reactive ketones (excluding diaryl/α,β-unsaturated/α-hetero) is 1. The number of piperidine rings is 1. The fraction of sp³-hybridized carbons (Fsp3) is 0.410. The van der Waals surface area contributed by atoms with Gasteiger partial charge in [0.05, 0.1) is 33.0 Å². The molecule has 6 rings (SSSR count). The Morgan fingerprint density at radius 3 is 2.37 bits per heavy atom. The Kier molecular flexibility index (Phi) is 12.3. The zero-order chi connectivity index (χ0) is 38.4. The number of hydrogen-bond donors (Lipinski definition) is 3. The molecule has 1 fully saturated rings.